The van der Waals surface area contributed by atoms with Gasteiger partial charge in [0.1, 0.15) is 11.5 Å². The highest BCUT2D eigenvalue weighted by Crippen LogP contribution is 2.63. The highest BCUT2D eigenvalue weighted by atomic mass is 16.5. The zero-order valence-electron chi connectivity index (χ0n) is 34.4. The molecule has 1 aliphatic carbocycles. The molecule has 0 saturated carbocycles. The molecule has 0 fully saturated rings. The van der Waals surface area contributed by atoms with Gasteiger partial charge in [0.25, 0.3) is 0 Å². The number of rotatable bonds is 3. The summed E-state index contributed by atoms with van der Waals surface area (Å²) in [5, 5.41) is 7.13. The summed E-state index contributed by atoms with van der Waals surface area (Å²) in [5.74, 6) is 1.77. The van der Waals surface area contributed by atoms with Crippen LogP contribution in [0, 0.1) is 0 Å². The molecule has 11 aromatic rings. The number of hydrogen-bond acceptors (Lipinski definition) is 1. The van der Waals surface area contributed by atoms with Gasteiger partial charge in [-0.3, -0.25) is 0 Å². The second kappa shape index (κ2) is 13.9. The van der Waals surface area contributed by atoms with Crippen molar-refractivity contribution in [1.29, 1.82) is 0 Å². The topological polar surface area (TPSA) is 14.2 Å². The molecule has 0 radical (unpaired) electrons. The Hall–Kier alpha value is -8.20. The van der Waals surface area contributed by atoms with Crippen LogP contribution in [0.3, 0.4) is 0 Å². The van der Waals surface area contributed by atoms with E-state index in [9.17, 15) is 0 Å². The number of aromatic nitrogens is 1. The van der Waals surface area contributed by atoms with E-state index in [1.54, 1.807) is 0 Å². The Morgan fingerprint density at radius 2 is 0.730 bits per heavy atom. The van der Waals surface area contributed by atoms with Crippen molar-refractivity contribution >= 4 is 43.4 Å². The smallest absolute Gasteiger partial charge is 0.132 e. The number of para-hydroxylation sites is 2. The third kappa shape index (κ3) is 5.19. The van der Waals surface area contributed by atoms with Crippen LogP contribution in [0.4, 0.5) is 0 Å². The summed E-state index contributed by atoms with van der Waals surface area (Å²) in [5.41, 5.74) is 14.7. The van der Waals surface area contributed by atoms with Crippen molar-refractivity contribution in [2.24, 2.45) is 0 Å². The maximum Gasteiger partial charge on any atom is 0.132 e. The molecular weight excluding hydrogens is 763 g/mol. The van der Waals surface area contributed by atoms with Crippen molar-refractivity contribution in [1.82, 2.24) is 4.57 Å². The first-order chi connectivity index (χ1) is 31.3. The fourth-order valence-corrected chi connectivity index (χ4v) is 10.9. The van der Waals surface area contributed by atoms with Crippen LogP contribution >= 0.6 is 0 Å². The van der Waals surface area contributed by atoms with Crippen molar-refractivity contribution in [3.63, 3.8) is 0 Å². The standard InChI is InChI=1S/C61H39NO/c1-3-18-40(19-4-1)42-34-36-55-49(38-42)46-24-9-7-22-44(46)45-23-8-10-25-47(45)50-39-43(41-20-5-2-6-21-41)35-37-56(50)62(55)57-31-17-30-54-60(57)48-26-11-12-27-51(48)61(54)52-28-13-15-32-58(52)63-59-33-16-14-29-53(59)61/h1-39H. The first kappa shape index (κ1) is 35.5. The molecular formula is C61H39NO. The number of ether oxygens (including phenoxy) is 1. The number of nitrogens with zero attached hydrogens (tertiary/aromatic N) is 1. The molecule has 0 bridgehead atoms. The molecule has 1 spiro atoms. The molecule has 0 saturated heterocycles. The van der Waals surface area contributed by atoms with Gasteiger partial charge in [-0.15, -0.1) is 0 Å². The quantitative estimate of drug-likeness (QED) is 0.174. The maximum absolute atomic E-state index is 6.73. The van der Waals surface area contributed by atoms with Crippen LogP contribution < -0.4 is 4.74 Å². The third-order valence-electron chi connectivity index (χ3n) is 13.5. The van der Waals surface area contributed by atoms with Crippen molar-refractivity contribution in [2.75, 3.05) is 0 Å². The van der Waals surface area contributed by atoms with Crippen LogP contribution in [0.2, 0.25) is 0 Å². The predicted molar refractivity (Wildman–Crippen MR) is 262 cm³/mol. The normalized spacial score (nSPS) is 13.0. The molecule has 1 aromatic heterocycles. The van der Waals surface area contributed by atoms with Gasteiger partial charge in [0.15, 0.2) is 0 Å². The largest absolute Gasteiger partial charge is 0.457 e. The Labute approximate surface area is 365 Å². The van der Waals surface area contributed by atoms with E-state index >= 15 is 0 Å². The van der Waals surface area contributed by atoms with E-state index in [0.717, 1.165) is 39.3 Å². The summed E-state index contributed by atoms with van der Waals surface area (Å²) in [6.45, 7) is 0. The van der Waals surface area contributed by atoms with Crippen LogP contribution in [-0.4, -0.2) is 4.57 Å². The Bertz CT molecular complexity index is 3520. The van der Waals surface area contributed by atoms with Gasteiger partial charge in [0.05, 0.1) is 22.1 Å². The lowest BCUT2D eigenvalue weighted by Gasteiger charge is -2.39. The monoisotopic (exact) mass is 801 g/mol. The number of hydrogen-bond donors (Lipinski definition) is 0. The molecule has 0 amide bonds. The molecule has 2 heteroatoms. The second-order valence-electron chi connectivity index (χ2n) is 16.7. The van der Waals surface area contributed by atoms with Crippen LogP contribution in [0.1, 0.15) is 22.3 Å². The molecule has 1 aliphatic heterocycles. The fraction of sp³-hybridized carbons (Fsp3) is 0.0164. The molecule has 63 heavy (non-hydrogen) atoms. The van der Waals surface area contributed by atoms with Gasteiger partial charge in [0.2, 0.25) is 0 Å². The van der Waals surface area contributed by atoms with Crippen molar-refractivity contribution < 1.29 is 4.74 Å². The van der Waals surface area contributed by atoms with Crippen molar-refractivity contribution in [3.8, 4) is 50.6 Å². The lowest BCUT2D eigenvalue weighted by atomic mass is 9.66. The van der Waals surface area contributed by atoms with Crippen molar-refractivity contribution in [3.05, 3.63) is 259 Å². The average Bonchev–Trinajstić information content (AvgIpc) is 3.67. The summed E-state index contributed by atoms with van der Waals surface area (Å²) in [4.78, 5) is 0. The molecule has 2 aliphatic rings. The molecule has 2 nitrogen and oxygen atoms in total. The van der Waals surface area contributed by atoms with Crippen molar-refractivity contribution in [2.45, 2.75) is 5.41 Å². The first-order valence-corrected chi connectivity index (χ1v) is 21.8. The first-order valence-electron chi connectivity index (χ1n) is 21.8. The van der Waals surface area contributed by atoms with E-state index in [2.05, 4.69) is 241 Å². The Morgan fingerprint density at radius 1 is 0.302 bits per heavy atom. The second-order valence-corrected chi connectivity index (χ2v) is 16.7. The fourth-order valence-electron chi connectivity index (χ4n) is 10.9. The average molecular weight is 802 g/mol. The number of benzene rings is 10. The summed E-state index contributed by atoms with van der Waals surface area (Å²) in [6.07, 6.45) is 0. The molecule has 10 aromatic carbocycles. The van der Waals surface area contributed by atoms with Gasteiger partial charge >= 0.3 is 0 Å². The van der Waals surface area contributed by atoms with Crippen LogP contribution in [0.15, 0.2) is 237 Å². The third-order valence-corrected chi connectivity index (χ3v) is 13.5. The van der Waals surface area contributed by atoms with E-state index < -0.39 is 5.41 Å². The van der Waals surface area contributed by atoms with E-state index in [1.807, 2.05) is 0 Å². The molecule has 294 valence electrons. The zero-order valence-corrected chi connectivity index (χ0v) is 34.4. The van der Waals surface area contributed by atoms with E-state index in [4.69, 9.17) is 4.74 Å². The highest BCUT2D eigenvalue weighted by molar-refractivity contribution is 6.20. The minimum atomic E-state index is -0.605. The Kier molecular flexibility index (Phi) is 7.85. The summed E-state index contributed by atoms with van der Waals surface area (Å²) in [6, 6.07) is 86.8. The summed E-state index contributed by atoms with van der Waals surface area (Å²) in [7, 11) is 0. The van der Waals surface area contributed by atoms with Gasteiger partial charge in [-0.25, -0.2) is 0 Å². The van der Waals surface area contributed by atoms with Gasteiger partial charge in [-0.1, -0.05) is 194 Å². The summed E-state index contributed by atoms with van der Waals surface area (Å²) < 4.78 is 9.30. The Morgan fingerprint density at radius 3 is 1.27 bits per heavy atom. The van der Waals surface area contributed by atoms with Gasteiger partial charge < -0.3 is 9.30 Å². The molecule has 0 unspecified atom stereocenters. The SMILES string of the molecule is c1ccc(-c2ccc3c(c2)c2ccccc2c2ccccc2c2cc(-c4ccccc4)ccc2n3-c2cccc3c2-c2ccccc2C32c3ccccc3Oc3ccccc32)cc1. The predicted octanol–water partition coefficient (Wildman–Crippen LogP) is 16.0. The molecule has 2 heterocycles. The van der Waals surface area contributed by atoms with E-state index in [0.29, 0.717) is 0 Å². The van der Waals surface area contributed by atoms with E-state index in [1.165, 1.54) is 76.8 Å². The minimum absolute atomic E-state index is 0.605. The van der Waals surface area contributed by atoms with Gasteiger partial charge in [-0.2, -0.15) is 0 Å². The molecule has 13 rings (SSSR count). The molecule has 0 atom stereocenters. The van der Waals surface area contributed by atoms with E-state index in [-0.39, 0.29) is 0 Å². The minimum Gasteiger partial charge on any atom is -0.457 e. The highest BCUT2D eigenvalue weighted by Gasteiger charge is 2.51. The van der Waals surface area contributed by atoms with Gasteiger partial charge in [0, 0.05) is 27.5 Å². The molecule has 0 N–H and O–H groups in total. The lowest BCUT2D eigenvalue weighted by molar-refractivity contribution is 0.436. The van der Waals surface area contributed by atoms with Crippen LogP contribution in [-0.2, 0) is 5.41 Å². The lowest BCUT2D eigenvalue weighted by Crippen LogP contribution is -2.32. The van der Waals surface area contributed by atoms with Crippen LogP contribution in [0.5, 0.6) is 11.5 Å². The van der Waals surface area contributed by atoms with Crippen LogP contribution in [0.25, 0.3) is 82.4 Å². The zero-order chi connectivity index (χ0) is 41.5. The van der Waals surface area contributed by atoms with Gasteiger partial charge in [-0.05, 0) is 103 Å². The maximum atomic E-state index is 6.73. The Balaban J connectivity index is 1.27. The number of fused-ring (bicyclic) bond motifs is 16. The summed E-state index contributed by atoms with van der Waals surface area (Å²) >= 11 is 0.